The summed E-state index contributed by atoms with van der Waals surface area (Å²) in [5.74, 6) is 2.79. The van der Waals surface area contributed by atoms with E-state index in [9.17, 15) is 0 Å². The van der Waals surface area contributed by atoms with Crippen LogP contribution in [0, 0.1) is 11.8 Å². The second-order valence-corrected chi connectivity index (χ2v) is 6.24. The maximum Gasteiger partial charge on any atom is 0.0446 e. The van der Waals surface area contributed by atoms with Crippen molar-refractivity contribution in [3.63, 3.8) is 0 Å². The predicted octanol–water partition coefficient (Wildman–Crippen LogP) is 2.51. The van der Waals surface area contributed by atoms with Gasteiger partial charge in [-0.25, -0.2) is 0 Å². The normalized spacial score (nSPS) is 32.6. The van der Waals surface area contributed by atoms with E-state index in [1.807, 2.05) is 11.8 Å². The third kappa shape index (κ3) is 4.64. The fraction of sp³-hybridized carbons (Fsp3) is 1.00. The molecule has 1 rings (SSSR count). The Hall–Kier alpha value is 0.270. The van der Waals surface area contributed by atoms with Crippen molar-refractivity contribution in [2.75, 3.05) is 18.6 Å². The Kier molecular flexibility index (Phi) is 6.78. The van der Waals surface area contributed by atoms with Crippen molar-refractivity contribution < 1.29 is 5.11 Å². The lowest BCUT2D eigenvalue weighted by Crippen LogP contribution is -2.46. The van der Waals surface area contributed by atoms with Crippen LogP contribution in [0.5, 0.6) is 0 Å². The summed E-state index contributed by atoms with van der Waals surface area (Å²) in [4.78, 5) is 0. The van der Waals surface area contributed by atoms with Crippen molar-refractivity contribution in [3.05, 3.63) is 0 Å². The van der Waals surface area contributed by atoms with Crippen LogP contribution in [0.1, 0.15) is 39.5 Å². The molecule has 16 heavy (non-hydrogen) atoms. The van der Waals surface area contributed by atoms with Gasteiger partial charge in [-0.2, -0.15) is 11.8 Å². The second kappa shape index (κ2) is 7.57. The number of aliphatic hydroxyl groups excluding tert-OH is 1. The van der Waals surface area contributed by atoms with Crippen LogP contribution in [0.2, 0.25) is 0 Å². The average molecular weight is 245 g/mol. The molecular formula is C13H27NOS. The van der Waals surface area contributed by atoms with Crippen molar-refractivity contribution in [3.8, 4) is 0 Å². The van der Waals surface area contributed by atoms with Gasteiger partial charge in [-0.1, -0.05) is 13.8 Å². The third-order valence-corrected chi connectivity index (χ3v) is 4.46. The largest absolute Gasteiger partial charge is 0.396 e. The van der Waals surface area contributed by atoms with E-state index < -0.39 is 0 Å². The van der Waals surface area contributed by atoms with Crippen LogP contribution < -0.4 is 5.32 Å². The highest BCUT2D eigenvalue weighted by molar-refractivity contribution is 7.98. The van der Waals surface area contributed by atoms with Gasteiger partial charge in [0.1, 0.15) is 0 Å². The highest BCUT2D eigenvalue weighted by atomic mass is 32.2. The number of thioether (sulfide) groups is 1. The van der Waals surface area contributed by atoms with Gasteiger partial charge in [-0.05, 0) is 43.8 Å². The lowest BCUT2D eigenvalue weighted by molar-refractivity contribution is 0.201. The minimum absolute atomic E-state index is 0.301. The molecule has 3 heteroatoms. The number of nitrogens with one attached hydrogen (secondary N) is 1. The van der Waals surface area contributed by atoms with E-state index in [2.05, 4.69) is 25.4 Å². The predicted molar refractivity (Wildman–Crippen MR) is 73.0 cm³/mol. The molecule has 1 aliphatic rings. The molecule has 0 aromatic heterocycles. The number of hydrogen-bond donors (Lipinski definition) is 2. The smallest absolute Gasteiger partial charge is 0.0446 e. The maximum atomic E-state index is 9.05. The number of hydrogen-bond acceptors (Lipinski definition) is 3. The molecule has 1 fully saturated rings. The van der Waals surface area contributed by atoms with Crippen molar-refractivity contribution in [1.82, 2.24) is 5.32 Å². The molecule has 2 nitrogen and oxygen atoms in total. The van der Waals surface area contributed by atoms with Gasteiger partial charge >= 0.3 is 0 Å². The summed E-state index contributed by atoms with van der Waals surface area (Å²) >= 11 is 1.87. The molecule has 1 aliphatic carbocycles. The summed E-state index contributed by atoms with van der Waals surface area (Å²) in [6.07, 6.45) is 7.03. The monoisotopic (exact) mass is 245 g/mol. The molecule has 0 spiro atoms. The Morgan fingerprint density at radius 1 is 1.38 bits per heavy atom. The van der Waals surface area contributed by atoms with Gasteiger partial charge in [0, 0.05) is 24.4 Å². The Labute approximate surface area is 105 Å². The first kappa shape index (κ1) is 14.3. The Balaban J connectivity index is 2.37. The van der Waals surface area contributed by atoms with E-state index >= 15 is 0 Å². The minimum atomic E-state index is 0.301. The van der Waals surface area contributed by atoms with Crippen molar-refractivity contribution in [1.29, 1.82) is 0 Å². The molecule has 0 aromatic rings. The highest BCUT2D eigenvalue weighted by Crippen LogP contribution is 2.29. The zero-order valence-corrected chi connectivity index (χ0v) is 11.7. The van der Waals surface area contributed by atoms with E-state index in [0.29, 0.717) is 18.7 Å². The summed E-state index contributed by atoms with van der Waals surface area (Å²) in [6, 6.07) is 1.15. The molecule has 0 radical (unpaired) electrons. The van der Waals surface area contributed by atoms with Crippen molar-refractivity contribution >= 4 is 11.8 Å². The van der Waals surface area contributed by atoms with Crippen molar-refractivity contribution in [2.45, 2.75) is 51.6 Å². The first-order valence-corrected chi connectivity index (χ1v) is 7.92. The summed E-state index contributed by atoms with van der Waals surface area (Å²) < 4.78 is 0. The van der Waals surface area contributed by atoms with Gasteiger partial charge in [0.05, 0.1) is 0 Å². The van der Waals surface area contributed by atoms with E-state index in [0.717, 1.165) is 24.0 Å². The first-order valence-electron chi connectivity index (χ1n) is 6.53. The molecule has 1 saturated carbocycles. The van der Waals surface area contributed by atoms with E-state index in [1.54, 1.807) is 0 Å². The van der Waals surface area contributed by atoms with E-state index in [4.69, 9.17) is 5.11 Å². The Bertz CT molecular complexity index is 183. The average Bonchev–Trinajstić information content (AvgIpc) is 2.23. The quantitative estimate of drug-likeness (QED) is 0.754. The SMILES string of the molecule is CSCC(CCO)NC1CCC(C)CC1C. The van der Waals surface area contributed by atoms with E-state index in [1.165, 1.54) is 19.3 Å². The summed E-state index contributed by atoms with van der Waals surface area (Å²) in [7, 11) is 0. The fourth-order valence-corrected chi connectivity index (χ4v) is 3.45. The maximum absolute atomic E-state index is 9.05. The highest BCUT2D eigenvalue weighted by Gasteiger charge is 2.26. The summed E-state index contributed by atoms with van der Waals surface area (Å²) in [6.45, 7) is 5.03. The second-order valence-electron chi connectivity index (χ2n) is 5.33. The zero-order chi connectivity index (χ0) is 12.0. The minimum Gasteiger partial charge on any atom is -0.396 e. The van der Waals surface area contributed by atoms with Gasteiger partial charge < -0.3 is 10.4 Å². The summed E-state index contributed by atoms with van der Waals surface area (Å²) in [5.41, 5.74) is 0. The van der Waals surface area contributed by atoms with Gasteiger partial charge in [0.25, 0.3) is 0 Å². The Morgan fingerprint density at radius 2 is 2.12 bits per heavy atom. The van der Waals surface area contributed by atoms with Gasteiger partial charge in [0.15, 0.2) is 0 Å². The number of rotatable bonds is 6. The standard InChI is InChI=1S/C13H27NOS/c1-10-4-5-13(11(2)8-10)14-12(6-7-15)9-16-3/h10-15H,4-9H2,1-3H3. The topological polar surface area (TPSA) is 32.3 Å². The Morgan fingerprint density at radius 3 is 2.69 bits per heavy atom. The van der Waals surface area contributed by atoms with Crippen LogP contribution in [-0.2, 0) is 0 Å². The molecular weight excluding hydrogens is 218 g/mol. The summed E-state index contributed by atoms with van der Waals surface area (Å²) in [5, 5.41) is 12.8. The van der Waals surface area contributed by atoms with Crippen LogP contribution in [0.3, 0.4) is 0 Å². The molecule has 0 bridgehead atoms. The molecule has 4 atom stereocenters. The van der Waals surface area contributed by atoms with Crippen LogP contribution >= 0.6 is 11.8 Å². The third-order valence-electron chi connectivity index (χ3n) is 3.73. The van der Waals surface area contributed by atoms with Gasteiger partial charge in [0.2, 0.25) is 0 Å². The van der Waals surface area contributed by atoms with Crippen LogP contribution in [0.15, 0.2) is 0 Å². The molecule has 0 heterocycles. The molecule has 0 amide bonds. The molecule has 0 saturated heterocycles. The van der Waals surface area contributed by atoms with Crippen molar-refractivity contribution in [2.24, 2.45) is 11.8 Å². The molecule has 0 aliphatic heterocycles. The van der Waals surface area contributed by atoms with Crippen LogP contribution in [-0.4, -0.2) is 35.8 Å². The number of aliphatic hydroxyl groups is 1. The fourth-order valence-electron chi connectivity index (χ4n) is 2.79. The molecule has 96 valence electrons. The zero-order valence-electron chi connectivity index (χ0n) is 10.9. The van der Waals surface area contributed by atoms with Gasteiger partial charge in [-0.15, -0.1) is 0 Å². The first-order chi connectivity index (χ1) is 7.67. The van der Waals surface area contributed by atoms with Crippen LogP contribution in [0.25, 0.3) is 0 Å². The van der Waals surface area contributed by atoms with E-state index in [-0.39, 0.29) is 0 Å². The van der Waals surface area contributed by atoms with Crippen LogP contribution in [0.4, 0.5) is 0 Å². The lowest BCUT2D eigenvalue weighted by atomic mass is 9.79. The lowest BCUT2D eigenvalue weighted by Gasteiger charge is -2.35. The molecule has 2 N–H and O–H groups in total. The molecule has 0 aromatic carbocycles. The molecule has 4 unspecified atom stereocenters. The van der Waals surface area contributed by atoms with Gasteiger partial charge in [-0.3, -0.25) is 0 Å².